The third-order valence-electron chi connectivity index (χ3n) is 5.38. The first-order valence-electron chi connectivity index (χ1n) is 9.60. The number of hydrogen-bond donors (Lipinski definition) is 0. The molecule has 0 bridgehead atoms. The fourth-order valence-electron chi connectivity index (χ4n) is 4.14. The second kappa shape index (κ2) is 10.7. The molecule has 27 heavy (non-hydrogen) atoms. The van der Waals surface area contributed by atoms with Gasteiger partial charge in [0.15, 0.2) is 0 Å². The van der Waals surface area contributed by atoms with Gasteiger partial charge in [0.2, 0.25) is 0 Å². The number of methoxy groups -OCH3 is 1. The standard InChI is InChI=1S/C23H31NO2.ClH/c1-24(2)16-20-15-22(26-17-18-8-5-4-6-9-18)12-13-23(20)19-10-7-11-21(14-19)25-3;/h4-11,14,20,22-23H,12-13,15-17H2,1-3H3;1H. The zero-order valence-electron chi connectivity index (χ0n) is 16.6. The summed E-state index contributed by atoms with van der Waals surface area (Å²) < 4.78 is 11.7. The van der Waals surface area contributed by atoms with Crippen molar-refractivity contribution in [2.45, 2.75) is 37.9 Å². The lowest BCUT2D eigenvalue weighted by atomic mass is 9.74. The van der Waals surface area contributed by atoms with Crippen LogP contribution in [0.15, 0.2) is 54.6 Å². The van der Waals surface area contributed by atoms with Crippen LogP contribution in [0.1, 0.15) is 36.3 Å². The summed E-state index contributed by atoms with van der Waals surface area (Å²) in [5, 5.41) is 0. The number of nitrogens with zero attached hydrogens (tertiary/aromatic N) is 1. The third-order valence-corrected chi connectivity index (χ3v) is 5.38. The van der Waals surface area contributed by atoms with Crippen LogP contribution in [-0.2, 0) is 11.3 Å². The second-order valence-corrected chi connectivity index (χ2v) is 7.64. The van der Waals surface area contributed by atoms with Gasteiger partial charge in [-0.2, -0.15) is 0 Å². The van der Waals surface area contributed by atoms with Gasteiger partial charge in [-0.1, -0.05) is 42.5 Å². The molecular formula is C23H32ClNO2. The van der Waals surface area contributed by atoms with Crippen LogP contribution in [0.5, 0.6) is 5.75 Å². The Morgan fingerprint density at radius 3 is 2.48 bits per heavy atom. The van der Waals surface area contributed by atoms with E-state index in [4.69, 9.17) is 9.47 Å². The van der Waals surface area contributed by atoms with Gasteiger partial charge in [-0.3, -0.25) is 0 Å². The molecule has 0 saturated heterocycles. The molecule has 148 valence electrons. The van der Waals surface area contributed by atoms with Crippen LogP contribution in [0.3, 0.4) is 0 Å². The Morgan fingerprint density at radius 2 is 1.78 bits per heavy atom. The average molecular weight is 390 g/mol. The van der Waals surface area contributed by atoms with E-state index in [0.717, 1.165) is 25.1 Å². The monoisotopic (exact) mass is 389 g/mol. The molecule has 2 aromatic rings. The van der Waals surface area contributed by atoms with Crippen molar-refractivity contribution in [1.82, 2.24) is 4.90 Å². The molecule has 1 saturated carbocycles. The van der Waals surface area contributed by atoms with E-state index in [9.17, 15) is 0 Å². The Bertz CT molecular complexity index is 677. The van der Waals surface area contributed by atoms with Crippen LogP contribution < -0.4 is 4.74 Å². The molecule has 0 amide bonds. The summed E-state index contributed by atoms with van der Waals surface area (Å²) in [7, 11) is 6.07. The van der Waals surface area contributed by atoms with Crippen molar-refractivity contribution >= 4 is 12.4 Å². The molecule has 0 aromatic heterocycles. The highest BCUT2D eigenvalue weighted by Gasteiger charge is 2.32. The minimum Gasteiger partial charge on any atom is -0.497 e. The van der Waals surface area contributed by atoms with E-state index < -0.39 is 0 Å². The predicted molar refractivity (Wildman–Crippen MR) is 114 cm³/mol. The fourth-order valence-corrected chi connectivity index (χ4v) is 4.14. The van der Waals surface area contributed by atoms with Gasteiger partial charge < -0.3 is 14.4 Å². The highest BCUT2D eigenvalue weighted by Crippen LogP contribution is 2.40. The predicted octanol–water partition coefficient (Wildman–Crippen LogP) is 5.15. The molecule has 0 heterocycles. The van der Waals surface area contributed by atoms with Crippen molar-refractivity contribution in [3.8, 4) is 5.75 Å². The maximum absolute atomic E-state index is 6.27. The first-order valence-corrected chi connectivity index (χ1v) is 9.60. The highest BCUT2D eigenvalue weighted by molar-refractivity contribution is 5.85. The molecule has 3 rings (SSSR count). The molecule has 3 nitrogen and oxygen atoms in total. The van der Waals surface area contributed by atoms with Gasteiger partial charge in [0.05, 0.1) is 19.8 Å². The number of halogens is 1. The van der Waals surface area contributed by atoms with Gasteiger partial charge in [-0.05, 0) is 68.5 Å². The molecule has 4 heteroatoms. The zero-order valence-corrected chi connectivity index (χ0v) is 17.5. The third kappa shape index (κ3) is 6.24. The van der Waals surface area contributed by atoms with E-state index in [0.29, 0.717) is 24.5 Å². The maximum atomic E-state index is 6.27. The van der Waals surface area contributed by atoms with E-state index in [2.05, 4.69) is 67.5 Å². The number of ether oxygens (including phenoxy) is 2. The van der Waals surface area contributed by atoms with Crippen LogP contribution in [0.2, 0.25) is 0 Å². The number of hydrogen-bond acceptors (Lipinski definition) is 3. The van der Waals surface area contributed by atoms with Crippen LogP contribution in [0.25, 0.3) is 0 Å². The van der Waals surface area contributed by atoms with Crippen molar-refractivity contribution in [2.75, 3.05) is 27.7 Å². The normalized spacial score (nSPS) is 22.3. The van der Waals surface area contributed by atoms with E-state index in [1.54, 1.807) is 7.11 Å². The highest BCUT2D eigenvalue weighted by atomic mass is 35.5. The van der Waals surface area contributed by atoms with E-state index in [1.807, 2.05) is 6.07 Å². The summed E-state index contributed by atoms with van der Waals surface area (Å²) in [6, 6.07) is 19.1. The Labute approximate surface area is 170 Å². The first kappa shape index (κ1) is 21.7. The Morgan fingerprint density at radius 1 is 1.00 bits per heavy atom. The summed E-state index contributed by atoms with van der Waals surface area (Å²) in [5.74, 6) is 2.13. The molecule has 0 spiro atoms. The van der Waals surface area contributed by atoms with Crippen molar-refractivity contribution in [2.24, 2.45) is 5.92 Å². The van der Waals surface area contributed by atoms with Gasteiger partial charge in [-0.15, -0.1) is 12.4 Å². The molecule has 1 aliphatic rings. The van der Waals surface area contributed by atoms with Crippen molar-refractivity contribution < 1.29 is 9.47 Å². The quantitative estimate of drug-likeness (QED) is 0.653. The van der Waals surface area contributed by atoms with Gasteiger partial charge >= 0.3 is 0 Å². The molecule has 2 aromatic carbocycles. The molecule has 1 aliphatic carbocycles. The summed E-state index contributed by atoms with van der Waals surface area (Å²) in [6.07, 6.45) is 3.76. The molecule has 3 unspecified atom stereocenters. The Hall–Kier alpha value is -1.55. The summed E-state index contributed by atoms with van der Waals surface area (Å²) in [6.45, 7) is 1.80. The Kier molecular flexibility index (Phi) is 8.62. The van der Waals surface area contributed by atoms with Gasteiger partial charge in [0, 0.05) is 6.54 Å². The van der Waals surface area contributed by atoms with Crippen molar-refractivity contribution in [1.29, 1.82) is 0 Å². The topological polar surface area (TPSA) is 21.7 Å². The molecular weight excluding hydrogens is 358 g/mol. The van der Waals surface area contributed by atoms with E-state index >= 15 is 0 Å². The molecule has 0 aliphatic heterocycles. The van der Waals surface area contributed by atoms with Gasteiger partial charge in [0.25, 0.3) is 0 Å². The fraction of sp³-hybridized carbons (Fsp3) is 0.478. The van der Waals surface area contributed by atoms with Crippen molar-refractivity contribution in [3.05, 3.63) is 65.7 Å². The SMILES string of the molecule is COc1cccc(C2CCC(OCc3ccccc3)CC2CN(C)C)c1.Cl. The molecule has 3 atom stereocenters. The molecule has 1 fully saturated rings. The molecule has 0 radical (unpaired) electrons. The lowest BCUT2D eigenvalue weighted by Gasteiger charge is -2.38. The summed E-state index contributed by atoms with van der Waals surface area (Å²) in [5.41, 5.74) is 2.66. The zero-order chi connectivity index (χ0) is 18.4. The van der Waals surface area contributed by atoms with Crippen LogP contribution in [0, 0.1) is 5.92 Å². The maximum Gasteiger partial charge on any atom is 0.119 e. The van der Waals surface area contributed by atoms with Crippen molar-refractivity contribution in [3.63, 3.8) is 0 Å². The van der Waals surface area contributed by atoms with Gasteiger partial charge in [-0.25, -0.2) is 0 Å². The van der Waals surface area contributed by atoms with Crippen LogP contribution in [0.4, 0.5) is 0 Å². The number of benzene rings is 2. The van der Waals surface area contributed by atoms with E-state index in [-0.39, 0.29) is 12.4 Å². The number of rotatable bonds is 7. The largest absolute Gasteiger partial charge is 0.497 e. The lowest BCUT2D eigenvalue weighted by molar-refractivity contribution is -0.00689. The molecule has 0 N–H and O–H groups in total. The Balaban J connectivity index is 0.00000261. The minimum absolute atomic E-state index is 0. The minimum atomic E-state index is 0. The summed E-state index contributed by atoms with van der Waals surface area (Å²) in [4.78, 5) is 2.30. The lowest BCUT2D eigenvalue weighted by Crippen LogP contribution is -2.34. The average Bonchev–Trinajstić information content (AvgIpc) is 2.67. The van der Waals surface area contributed by atoms with Crippen LogP contribution in [-0.4, -0.2) is 38.8 Å². The smallest absolute Gasteiger partial charge is 0.119 e. The van der Waals surface area contributed by atoms with Crippen LogP contribution >= 0.6 is 12.4 Å². The first-order chi connectivity index (χ1) is 12.7. The van der Waals surface area contributed by atoms with Gasteiger partial charge in [0.1, 0.15) is 5.75 Å². The van der Waals surface area contributed by atoms with E-state index in [1.165, 1.54) is 17.5 Å². The second-order valence-electron chi connectivity index (χ2n) is 7.64. The summed E-state index contributed by atoms with van der Waals surface area (Å²) >= 11 is 0.